The van der Waals surface area contributed by atoms with Crippen molar-refractivity contribution in [2.24, 2.45) is 0 Å². The maximum absolute atomic E-state index is 12.7. The minimum absolute atomic E-state index is 0.0517. The lowest BCUT2D eigenvalue weighted by Crippen LogP contribution is -2.26. The zero-order valence-electron chi connectivity index (χ0n) is 17.2. The van der Waals surface area contributed by atoms with E-state index in [9.17, 15) is 13.2 Å². The number of ether oxygens (including phenoxy) is 2. The van der Waals surface area contributed by atoms with Crippen LogP contribution in [-0.4, -0.2) is 27.7 Å². The van der Waals surface area contributed by atoms with Crippen LogP contribution >= 0.6 is 0 Å². The Bertz CT molecular complexity index is 1090. The molecule has 4 rings (SSSR count). The Morgan fingerprint density at radius 1 is 1.03 bits per heavy atom. The molecule has 0 fully saturated rings. The molecular weight excluding hydrogens is 416 g/mol. The molecule has 31 heavy (non-hydrogen) atoms. The van der Waals surface area contributed by atoms with Gasteiger partial charge in [-0.1, -0.05) is 23.8 Å². The largest absolute Gasteiger partial charge is 0.454 e. The Hall–Kier alpha value is -2.84. The van der Waals surface area contributed by atoms with Crippen LogP contribution in [0.4, 0.5) is 0 Å². The Labute approximate surface area is 182 Å². The Morgan fingerprint density at radius 2 is 1.90 bits per heavy atom. The molecule has 7 nitrogen and oxygen atoms in total. The van der Waals surface area contributed by atoms with Gasteiger partial charge < -0.3 is 14.8 Å². The van der Waals surface area contributed by atoms with Crippen molar-refractivity contribution >= 4 is 15.9 Å². The lowest BCUT2D eigenvalue weighted by atomic mass is 9.97. The van der Waals surface area contributed by atoms with Gasteiger partial charge in [0, 0.05) is 18.7 Å². The third-order valence-corrected chi connectivity index (χ3v) is 6.83. The molecule has 0 unspecified atom stereocenters. The van der Waals surface area contributed by atoms with E-state index >= 15 is 0 Å². The first-order valence-electron chi connectivity index (χ1n) is 10.5. The molecule has 0 saturated carbocycles. The van der Waals surface area contributed by atoms with Crippen molar-refractivity contribution in [3.8, 4) is 11.5 Å². The fraction of sp³-hybridized carbons (Fsp3) is 0.348. The molecule has 1 heterocycles. The SMILES string of the molecule is O=C(NCCC1=CCCCC1)c1cccc(S(=O)(=O)NCc2ccc3c(c2)OCO3)c1. The van der Waals surface area contributed by atoms with Gasteiger partial charge in [0.25, 0.3) is 5.91 Å². The van der Waals surface area contributed by atoms with Crippen molar-refractivity contribution in [3.05, 3.63) is 65.2 Å². The van der Waals surface area contributed by atoms with Gasteiger partial charge in [0.15, 0.2) is 11.5 Å². The third-order valence-electron chi connectivity index (χ3n) is 5.43. The number of rotatable bonds is 8. The number of carbonyl (C=O) groups is 1. The van der Waals surface area contributed by atoms with Crippen LogP contribution in [0.5, 0.6) is 11.5 Å². The van der Waals surface area contributed by atoms with Crippen molar-refractivity contribution in [3.63, 3.8) is 0 Å². The minimum Gasteiger partial charge on any atom is -0.454 e. The molecule has 0 aromatic heterocycles. The summed E-state index contributed by atoms with van der Waals surface area (Å²) < 4.78 is 38.6. The van der Waals surface area contributed by atoms with Crippen molar-refractivity contribution in [1.82, 2.24) is 10.0 Å². The predicted octanol–water partition coefficient (Wildman–Crippen LogP) is 3.51. The van der Waals surface area contributed by atoms with E-state index in [2.05, 4.69) is 16.1 Å². The van der Waals surface area contributed by atoms with E-state index in [1.54, 1.807) is 30.3 Å². The minimum atomic E-state index is -3.78. The van der Waals surface area contributed by atoms with Crippen LogP contribution in [0.2, 0.25) is 0 Å². The van der Waals surface area contributed by atoms with E-state index < -0.39 is 10.0 Å². The smallest absolute Gasteiger partial charge is 0.251 e. The molecule has 1 aliphatic heterocycles. The maximum atomic E-state index is 12.7. The number of hydrogen-bond donors (Lipinski definition) is 2. The summed E-state index contributed by atoms with van der Waals surface area (Å²) in [6, 6.07) is 11.3. The number of nitrogens with one attached hydrogen (secondary N) is 2. The van der Waals surface area contributed by atoms with Gasteiger partial charge in [0.05, 0.1) is 4.90 Å². The van der Waals surface area contributed by atoms with Crippen molar-refractivity contribution in [2.45, 2.75) is 43.5 Å². The molecule has 164 valence electrons. The van der Waals surface area contributed by atoms with E-state index in [0.29, 0.717) is 23.6 Å². The summed E-state index contributed by atoms with van der Waals surface area (Å²) in [4.78, 5) is 12.5. The lowest BCUT2D eigenvalue weighted by Gasteiger charge is -2.13. The number of amides is 1. The van der Waals surface area contributed by atoms with Crippen LogP contribution < -0.4 is 19.5 Å². The molecule has 2 aliphatic rings. The van der Waals surface area contributed by atoms with Crippen LogP contribution in [0, 0.1) is 0 Å². The molecule has 0 saturated heterocycles. The number of benzene rings is 2. The molecule has 1 aliphatic carbocycles. The van der Waals surface area contributed by atoms with E-state index in [-0.39, 0.29) is 24.1 Å². The lowest BCUT2D eigenvalue weighted by molar-refractivity contribution is 0.0954. The fourth-order valence-electron chi connectivity index (χ4n) is 3.69. The monoisotopic (exact) mass is 442 g/mol. The van der Waals surface area contributed by atoms with Crippen LogP contribution in [0.3, 0.4) is 0 Å². The number of fused-ring (bicyclic) bond motifs is 1. The molecule has 1 amide bonds. The van der Waals surface area contributed by atoms with E-state index in [1.807, 2.05) is 0 Å². The van der Waals surface area contributed by atoms with Crippen LogP contribution in [0.25, 0.3) is 0 Å². The second-order valence-corrected chi connectivity index (χ2v) is 9.42. The second kappa shape index (κ2) is 9.53. The van der Waals surface area contributed by atoms with Gasteiger partial charge in [-0.05, 0) is 68.0 Å². The van der Waals surface area contributed by atoms with Gasteiger partial charge in [-0.2, -0.15) is 0 Å². The van der Waals surface area contributed by atoms with E-state index in [0.717, 1.165) is 24.8 Å². The van der Waals surface area contributed by atoms with Crippen LogP contribution in [0.15, 0.2) is 59.0 Å². The summed E-state index contributed by atoms with van der Waals surface area (Å²) in [5.41, 5.74) is 2.46. The molecule has 2 N–H and O–H groups in total. The second-order valence-electron chi connectivity index (χ2n) is 7.65. The standard InChI is InChI=1S/C23H26N2O5S/c26-23(24-12-11-17-5-2-1-3-6-17)19-7-4-8-20(14-19)31(27,28)25-15-18-9-10-21-22(13-18)30-16-29-21/h4-5,7-10,13-14,25H,1-3,6,11-12,15-16H2,(H,24,26). The summed E-state index contributed by atoms with van der Waals surface area (Å²) >= 11 is 0. The average molecular weight is 443 g/mol. The molecular formula is C23H26N2O5S. The highest BCUT2D eigenvalue weighted by molar-refractivity contribution is 7.89. The fourth-order valence-corrected chi connectivity index (χ4v) is 4.75. The number of sulfonamides is 1. The highest BCUT2D eigenvalue weighted by atomic mass is 32.2. The summed E-state index contributed by atoms with van der Waals surface area (Å²) in [7, 11) is -3.78. The maximum Gasteiger partial charge on any atom is 0.251 e. The van der Waals surface area contributed by atoms with Crippen molar-refractivity contribution in [1.29, 1.82) is 0 Å². The van der Waals surface area contributed by atoms with E-state index in [1.165, 1.54) is 30.5 Å². The zero-order valence-corrected chi connectivity index (χ0v) is 18.0. The molecule has 0 bridgehead atoms. The first-order valence-corrected chi connectivity index (χ1v) is 11.9. The molecule has 0 atom stereocenters. The van der Waals surface area contributed by atoms with Gasteiger partial charge in [-0.25, -0.2) is 13.1 Å². The first-order chi connectivity index (χ1) is 15.0. The predicted molar refractivity (Wildman–Crippen MR) is 117 cm³/mol. The van der Waals surface area contributed by atoms with Gasteiger partial charge >= 0.3 is 0 Å². The molecule has 0 spiro atoms. The topological polar surface area (TPSA) is 93.7 Å². The van der Waals surface area contributed by atoms with Gasteiger partial charge in [-0.15, -0.1) is 0 Å². The van der Waals surface area contributed by atoms with Crippen LogP contribution in [0.1, 0.15) is 48.0 Å². The zero-order chi connectivity index (χ0) is 21.7. The van der Waals surface area contributed by atoms with Crippen molar-refractivity contribution in [2.75, 3.05) is 13.3 Å². The van der Waals surface area contributed by atoms with Crippen molar-refractivity contribution < 1.29 is 22.7 Å². The first kappa shape index (κ1) is 21.4. The van der Waals surface area contributed by atoms with E-state index in [4.69, 9.17) is 9.47 Å². The summed E-state index contributed by atoms with van der Waals surface area (Å²) in [6.45, 7) is 0.811. The van der Waals surface area contributed by atoms with Gasteiger partial charge in [-0.3, -0.25) is 4.79 Å². The Kier molecular flexibility index (Phi) is 6.58. The Balaban J connectivity index is 1.35. The number of carbonyl (C=O) groups excluding carboxylic acids is 1. The van der Waals surface area contributed by atoms with Gasteiger partial charge in [0.1, 0.15) is 0 Å². The average Bonchev–Trinajstić information content (AvgIpc) is 3.26. The Morgan fingerprint density at radius 3 is 2.74 bits per heavy atom. The number of allylic oxidation sites excluding steroid dienone is 1. The van der Waals surface area contributed by atoms with Gasteiger partial charge in [0.2, 0.25) is 16.8 Å². The number of hydrogen-bond acceptors (Lipinski definition) is 5. The highest BCUT2D eigenvalue weighted by Crippen LogP contribution is 2.32. The summed E-state index contributed by atoms with van der Waals surface area (Å²) in [5.74, 6) is 0.966. The quantitative estimate of drug-likeness (QED) is 0.610. The molecule has 8 heteroatoms. The molecule has 0 radical (unpaired) electrons. The molecule has 2 aromatic rings. The van der Waals surface area contributed by atoms with Crippen LogP contribution in [-0.2, 0) is 16.6 Å². The normalized spacial score (nSPS) is 15.4. The summed E-state index contributed by atoms with van der Waals surface area (Å²) in [6.07, 6.45) is 7.75. The molecule has 2 aromatic carbocycles. The highest BCUT2D eigenvalue weighted by Gasteiger charge is 2.18. The summed E-state index contributed by atoms with van der Waals surface area (Å²) in [5, 5.41) is 2.89. The third kappa shape index (κ3) is 5.45.